The third-order valence-electron chi connectivity index (χ3n) is 3.28. The fourth-order valence-corrected chi connectivity index (χ4v) is 2.27. The van der Waals surface area contributed by atoms with Gasteiger partial charge in [0, 0.05) is 23.2 Å². The van der Waals surface area contributed by atoms with Gasteiger partial charge in [0.05, 0.1) is 20.6 Å². The summed E-state index contributed by atoms with van der Waals surface area (Å²) >= 11 is 6.06. The van der Waals surface area contributed by atoms with E-state index in [0.29, 0.717) is 23.1 Å². The molecule has 0 aliphatic rings. The van der Waals surface area contributed by atoms with Crippen LogP contribution < -0.4 is 14.8 Å². The summed E-state index contributed by atoms with van der Waals surface area (Å²) < 4.78 is 10.4. The van der Waals surface area contributed by atoms with E-state index in [4.69, 9.17) is 21.1 Å². The van der Waals surface area contributed by atoms with Crippen molar-refractivity contribution in [2.45, 2.75) is 13.0 Å². The molecule has 2 aromatic carbocycles. The third-order valence-corrected chi connectivity index (χ3v) is 3.65. The molecule has 2 rings (SSSR count). The first kappa shape index (κ1) is 16.2. The van der Waals surface area contributed by atoms with Crippen molar-refractivity contribution in [3.63, 3.8) is 0 Å². The largest absolute Gasteiger partial charge is 0.497 e. The van der Waals surface area contributed by atoms with Crippen molar-refractivity contribution in [1.82, 2.24) is 5.32 Å². The molecular formula is C17H18ClNO3. The normalized spacial score (nSPS) is 10.1. The lowest BCUT2D eigenvalue weighted by molar-refractivity contribution is -0.120. The van der Waals surface area contributed by atoms with Crippen molar-refractivity contribution >= 4 is 17.5 Å². The lowest BCUT2D eigenvalue weighted by Crippen LogP contribution is -2.24. The van der Waals surface area contributed by atoms with Gasteiger partial charge in [0.25, 0.3) is 0 Å². The number of amides is 1. The molecule has 2 aromatic rings. The van der Waals surface area contributed by atoms with Gasteiger partial charge in [0.2, 0.25) is 5.91 Å². The Morgan fingerprint density at radius 3 is 2.55 bits per heavy atom. The molecule has 0 bridgehead atoms. The predicted octanol–water partition coefficient (Wildman–Crippen LogP) is 3.22. The van der Waals surface area contributed by atoms with Crippen LogP contribution in [0.15, 0.2) is 42.5 Å². The van der Waals surface area contributed by atoms with Crippen LogP contribution in [-0.2, 0) is 17.8 Å². The van der Waals surface area contributed by atoms with Gasteiger partial charge in [0.1, 0.15) is 11.5 Å². The molecule has 0 radical (unpaired) electrons. The summed E-state index contributed by atoms with van der Waals surface area (Å²) in [6.45, 7) is 0.400. The van der Waals surface area contributed by atoms with Crippen molar-refractivity contribution in [2.24, 2.45) is 0 Å². The molecular weight excluding hydrogens is 302 g/mol. The second-order valence-electron chi connectivity index (χ2n) is 4.72. The first-order chi connectivity index (χ1) is 10.6. The molecule has 0 saturated heterocycles. The molecule has 5 heteroatoms. The fraction of sp³-hybridized carbons (Fsp3) is 0.235. The van der Waals surface area contributed by atoms with Crippen LogP contribution in [0.4, 0.5) is 0 Å². The summed E-state index contributed by atoms with van der Waals surface area (Å²) in [6, 6.07) is 12.8. The Hall–Kier alpha value is -2.20. The lowest BCUT2D eigenvalue weighted by Gasteiger charge is -2.11. The maximum atomic E-state index is 12.1. The van der Waals surface area contributed by atoms with Gasteiger partial charge in [-0.05, 0) is 17.7 Å². The zero-order chi connectivity index (χ0) is 15.9. The highest BCUT2D eigenvalue weighted by molar-refractivity contribution is 6.31. The van der Waals surface area contributed by atoms with Gasteiger partial charge in [-0.2, -0.15) is 0 Å². The Labute approximate surface area is 135 Å². The van der Waals surface area contributed by atoms with Gasteiger partial charge in [0.15, 0.2) is 0 Å². The minimum Gasteiger partial charge on any atom is -0.497 e. The number of methoxy groups -OCH3 is 2. The van der Waals surface area contributed by atoms with Crippen molar-refractivity contribution in [3.8, 4) is 11.5 Å². The first-order valence-corrected chi connectivity index (χ1v) is 7.23. The average Bonchev–Trinajstić information content (AvgIpc) is 2.54. The molecule has 4 nitrogen and oxygen atoms in total. The topological polar surface area (TPSA) is 47.6 Å². The Morgan fingerprint density at radius 2 is 1.86 bits per heavy atom. The molecule has 1 N–H and O–H groups in total. The molecule has 0 atom stereocenters. The summed E-state index contributed by atoms with van der Waals surface area (Å²) in [4.78, 5) is 12.1. The highest BCUT2D eigenvalue weighted by Crippen LogP contribution is 2.25. The number of carbonyl (C=O) groups excluding carboxylic acids is 1. The second kappa shape index (κ2) is 7.71. The minimum absolute atomic E-state index is 0.0941. The summed E-state index contributed by atoms with van der Waals surface area (Å²) in [5, 5.41) is 3.50. The molecule has 1 amide bonds. The molecule has 0 saturated carbocycles. The van der Waals surface area contributed by atoms with Crippen molar-refractivity contribution < 1.29 is 14.3 Å². The van der Waals surface area contributed by atoms with Crippen LogP contribution in [0.2, 0.25) is 5.02 Å². The maximum Gasteiger partial charge on any atom is 0.224 e. The van der Waals surface area contributed by atoms with E-state index in [1.165, 1.54) is 0 Å². The van der Waals surface area contributed by atoms with Crippen LogP contribution in [0.3, 0.4) is 0 Å². The average molecular weight is 320 g/mol. The number of halogens is 1. The van der Waals surface area contributed by atoms with Gasteiger partial charge in [-0.15, -0.1) is 0 Å². The second-order valence-corrected chi connectivity index (χ2v) is 5.13. The van der Waals surface area contributed by atoms with Gasteiger partial charge >= 0.3 is 0 Å². The standard InChI is InChI=1S/C17H18ClNO3/c1-21-14-8-7-12(16(10-14)22-2)9-17(20)19-11-13-5-3-4-6-15(13)18/h3-8,10H,9,11H2,1-2H3,(H,19,20). The number of nitrogens with one attached hydrogen (secondary N) is 1. The van der Waals surface area contributed by atoms with Crippen LogP contribution in [0, 0.1) is 0 Å². The highest BCUT2D eigenvalue weighted by atomic mass is 35.5. The van der Waals surface area contributed by atoms with Crippen molar-refractivity contribution in [3.05, 3.63) is 58.6 Å². The van der Waals surface area contributed by atoms with Crippen LogP contribution in [0.5, 0.6) is 11.5 Å². The van der Waals surface area contributed by atoms with Crippen LogP contribution >= 0.6 is 11.6 Å². The molecule has 22 heavy (non-hydrogen) atoms. The number of hydrogen-bond acceptors (Lipinski definition) is 3. The Morgan fingerprint density at radius 1 is 1.09 bits per heavy atom. The molecule has 0 spiro atoms. The van der Waals surface area contributed by atoms with E-state index < -0.39 is 0 Å². The molecule has 0 heterocycles. The Bertz CT molecular complexity index is 658. The zero-order valence-corrected chi connectivity index (χ0v) is 13.3. The number of carbonyl (C=O) groups is 1. The van der Waals surface area contributed by atoms with E-state index in [-0.39, 0.29) is 12.3 Å². The predicted molar refractivity (Wildman–Crippen MR) is 86.5 cm³/mol. The van der Waals surface area contributed by atoms with Crippen LogP contribution in [-0.4, -0.2) is 20.1 Å². The molecule has 0 unspecified atom stereocenters. The molecule has 0 fully saturated rings. The van der Waals surface area contributed by atoms with Crippen molar-refractivity contribution in [1.29, 1.82) is 0 Å². The van der Waals surface area contributed by atoms with E-state index in [1.807, 2.05) is 24.3 Å². The monoisotopic (exact) mass is 319 g/mol. The smallest absolute Gasteiger partial charge is 0.224 e. The van der Waals surface area contributed by atoms with E-state index in [2.05, 4.69) is 5.32 Å². The summed E-state index contributed by atoms with van der Waals surface area (Å²) in [6.07, 6.45) is 0.234. The molecule has 116 valence electrons. The Kier molecular flexibility index (Phi) is 5.67. The zero-order valence-electron chi connectivity index (χ0n) is 12.6. The molecule has 0 aliphatic carbocycles. The lowest BCUT2D eigenvalue weighted by atomic mass is 10.1. The SMILES string of the molecule is COc1ccc(CC(=O)NCc2ccccc2Cl)c(OC)c1. The van der Waals surface area contributed by atoms with E-state index >= 15 is 0 Å². The minimum atomic E-state index is -0.0941. The van der Waals surface area contributed by atoms with E-state index in [0.717, 1.165) is 11.1 Å². The van der Waals surface area contributed by atoms with Crippen molar-refractivity contribution in [2.75, 3.05) is 14.2 Å². The van der Waals surface area contributed by atoms with Crippen LogP contribution in [0.1, 0.15) is 11.1 Å². The summed E-state index contributed by atoms with van der Waals surface area (Å²) in [5.74, 6) is 1.23. The molecule has 0 aromatic heterocycles. The van der Waals surface area contributed by atoms with Crippen LogP contribution in [0.25, 0.3) is 0 Å². The van der Waals surface area contributed by atoms with Gasteiger partial charge in [-0.25, -0.2) is 0 Å². The number of hydrogen-bond donors (Lipinski definition) is 1. The number of benzene rings is 2. The number of ether oxygens (including phenoxy) is 2. The maximum absolute atomic E-state index is 12.1. The van der Waals surface area contributed by atoms with E-state index in [1.54, 1.807) is 32.4 Å². The van der Waals surface area contributed by atoms with Gasteiger partial charge < -0.3 is 14.8 Å². The third kappa shape index (κ3) is 4.15. The fourth-order valence-electron chi connectivity index (χ4n) is 2.07. The highest BCUT2D eigenvalue weighted by Gasteiger charge is 2.10. The summed E-state index contributed by atoms with van der Waals surface area (Å²) in [5.41, 5.74) is 1.69. The molecule has 0 aliphatic heterocycles. The van der Waals surface area contributed by atoms with Gasteiger partial charge in [-0.3, -0.25) is 4.79 Å². The Balaban J connectivity index is 1.99. The summed E-state index contributed by atoms with van der Waals surface area (Å²) in [7, 11) is 3.16. The van der Waals surface area contributed by atoms with Gasteiger partial charge in [-0.1, -0.05) is 35.9 Å². The van der Waals surface area contributed by atoms with E-state index in [9.17, 15) is 4.79 Å². The first-order valence-electron chi connectivity index (χ1n) is 6.85. The quantitative estimate of drug-likeness (QED) is 0.889. The number of rotatable bonds is 6.